The Morgan fingerprint density at radius 2 is 1.62 bits per heavy atom. The molecule has 0 aliphatic heterocycles. The predicted octanol–water partition coefficient (Wildman–Crippen LogP) is 2.96. The van der Waals surface area contributed by atoms with Gasteiger partial charge in [0, 0.05) is 17.7 Å². The summed E-state index contributed by atoms with van der Waals surface area (Å²) in [5.41, 5.74) is 9.38. The Kier molecular flexibility index (Phi) is 5.97. The van der Waals surface area contributed by atoms with Crippen molar-refractivity contribution in [3.05, 3.63) is 60.3 Å². The Morgan fingerprint density at radius 1 is 0.969 bits per heavy atom. The highest BCUT2D eigenvalue weighted by Crippen LogP contribution is 2.28. The van der Waals surface area contributed by atoms with Crippen LogP contribution in [0.3, 0.4) is 0 Å². The topological polar surface area (TPSA) is 137 Å². The van der Waals surface area contributed by atoms with Gasteiger partial charge in [-0.25, -0.2) is 18.4 Å². The Hall–Kier alpha value is -3.63. The van der Waals surface area contributed by atoms with Gasteiger partial charge in [0.1, 0.15) is 0 Å². The number of nitrogens with zero attached hydrogens (tertiary/aromatic N) is 4. The molecular formula is C22H22N6O3S. The Labute approximate surface area is 185 Å². The number of nitrogen functional groups attached to an aromatic ring is 1. The van der Waals surface area contributed by atoms with Crippen LogP contribution in [-0.4, -0.2) is 41.4 Å². The minimum atomic E-state index is -3.28. The maximum Gasteiger partial charge on any atom is 0.270 e. The summed E-state index contributed by atoms with van der Waals surface area (Å²) in [7, 11) is -1.39. The molecule has 0 spiro atoms. The quantitative estimate of drug-likeness (QED) is 0.435. The molecule has 4 rings (SSSR count). The van der Waals surface area contributed by atoms with Crippen LogP contribution in [0.5, 0.6) is 0 Å². The van der Waals surface area contributed by atoms with E-state index in [4.69, 9.17) is 10.2 Å². The lowest BCUT2D eigenvalue weighted by Crippen LogP contribution is -2.04. The predicted molar refractivity (Wildman–Crippen MR) is 121 cm³/mol. The van der Waals surface area contributed by atoms with Crippen molar-refractivity contribution in [2.75, 3.05) is 18.5 Å². The van der Waals surface area contributed by atoms with Gasteiger partial charge in [-0.3, -0.25) is 0 Å². The molecule has 2 heterocycles. The minimum absolute atomic E-state index is 0.0376. The van der Waals surface area contributed by atoms with E-state index in [1.807, 2.05) is 31.3 Å². The standard InChI is InChI=1S/C22H22N6O3S/c1-3-32(29,30)17-10-8-15(9-11-17)18-13-25-20(23)19(26-18)22-28-27-21(31-22)16-6-4-14(5-7-16)12-24-2/h4-11,13,24H,3,12H2,1-2H3,(H2,23,25). The summed E-state index contributed by atoms with van der Waals surface area (Å²) in [5.74, 6) is 0.683. The van der Waals surface area contributed by atoms with Gasteiger partial charge in [-0.2, -0.15) is 0 Å². The number of hydrogen-bond acceptors (Lipinski definition) is 9. The van der Waals surface area contributed by atoms with Gasteiger partial charge in [0.25, 0.3) is 5.89 Å². The Balaban J connectivity index is 1.64. The molecule has 4 aromatic rings. The van der Waals surface area contributed by atoms with Crippen LogP contribution in [0.4, 0.5) is 5.82 Å². The molecule has 0 aliphatic carbocycles. The summed E-state index contributed by atoms with van der Waals surface area (Å²) in [5, 5.41) is 11.3. The molecule has 2 aromatic heterocycles. The maximum absolute atomic E-state index is 12.0. The largest absolute Gasteiger partial charge is 0.414 e. The van der Waals surface area contributed by atoms with E-state index in [9.17, 15) is 8.42 Å². The summed E-state index contributed by atoms with van der Waals surface area (Å²) in [6.45, 7) is 2.37. The van der Waals surface area contributed by atoms with Crippen LogP contribution in [0.15, 0.2) is 64.0 Å². The van der Waals surface area contributed by atoms with E-state index in [-0.39, 0.29) is 28.1 Å². The number of anilines is 1. The summed E-state index contributed by atoms with van der Waals surface area (Å²) >= 11 is 0. The molecular weight excluding hydrogens is 428 g/mol. The van der Waals surface area contributed by atoms with Crippen molar-refractivity contribution in [2.45, 2.75) is 18.4 Å². The second-order valence-corrected chi connectivity index (χ2v) is 9.33. The van der Waals surface area contributed by atoms with Crippen LogP contribution < -0.4 is 11.1 Å². The van der Waals surface area contributed by atoms with Gasteiger partial charge >= 0.3 is 0 Å². The zero-order valence-electron chi connectivity index (χ0n) is 17.6. The lowest BCUT2D eigenvalue weighted by Gasteiger charge is -2.06. The molecule has 0 unspecified atom stereocenters. The smallest absolute Gasteiger partial charge is 0.270 e. The molecule has 164 valence electrons. The SMILES string of the molecule is CCS(=O)(=O)c1ccc(-c2cnc(N)c(-c3nnc(-c4ccc(CNC)cc4)o3)n2)cc1. The molecule has 0 radical (unpaired) electrons. The molecule has 0 bridgehead atoms. The first-order chi connectivity index (χ1) is 15.4. The molecule has 2 aromatic carbocycles. The first kappa shape index (κ1) is 21.6. The number of nitrogens with one attached hydrogen (secondary N) is 1. The lowest BCUT2D eigenvalue weighted by atomic mass is 10.1. The molecule has 3 N–H and O–H groups in total. The van der Waals surface area contributed by atoms with Crippen LogP contribution in [0, 0.1) is 0 Å². The van der Waals surface area contributed by atoms with Crippen LogP contribution in [0.1, 0.15) is 12.5 Å². The van der Waals surface area contributed by atoms with Gasteiger partial charge in [0.2, 0.25) is 5.89 Å². The van der Waals surface area contributed by atoms with Crippen LogP contribution in [0.25, 0.3) is 34.3 Å². The van der Waals surface area contributed by atoms with Crippen molar-refractivity contribution in [3.8, 4) is 34.3 Å². The molecule has 0 amide bonds. The third-order valence-corrected chi connectivity index (χ3v) is 6.65. The average Bonchev–Trinajstić information content (AvgIpc) is 3.30. The molecule has 32 heavy (non-hydrogen) atoms. The molecule has 0 aliphatic rings. The number of hydrogen-bond donors (Lipinski definition) is 2. The molecule has 0 saturated heterocycles. The summed E-state index contributed by atoms with van der Waals surface area (Å²) in [6, 6.07) is 14.2. The number of rotatable bonds is 7. The van der Waals surface area contributed by atoms with Crippen molar-refractivity contribution >= 4 is 15.7 Å². The number of nitrogens with two attached hydrogens (primary N) is 1. The van der Waals surface area contributed by atoms with Crippen LogP contribution in [0.2, 0.25) is 0 Å². The fraction of sp³-hybridized carbons (Fsp3) is 0.182. The first-order valence-corrected chi connectivity index (χ1v) is 11.6. The van der Waals surface area contributed by atoms with Crippen LogP contribution >= 0.6 is 0 Å². The van der Waals surface area contributed by atoms with Crippen molar-refractivity contribution in [1.82, 2.24) is 25.5 Å². The van der Waals surface area contributed by atoms with E-state index in [0.717, 1.165) is 17.7 Å². The van der Waals surface area contributed by atoms with E-state index >= 15 is 0 Å². The second kappa shape index (κ2) is 8.85. The van der Waals surface area contributed by atoms with Crippen molar-refractivity contribution < 1.29 is 12.8 Å². The highest BCUT2D eigenvalue weighted by molar-refractivity contribution is 7.91. The maximum atomic E-state index is 12.0. The molecule has 9 nitrogen and oxygen atoms in total. The Bertz CT molecular complexity index is 1330. The summed E-state index contributed by atoms with van der Waals surface area (Å²) in [4.78, 5) is 8.98. The number of sulfone groups is 1. The fourth-order valence-electron chi connectivity index (χ4n) is 3.10. The minimum Gasteiger partial charge on any atom is -0.414 e. The number of aromatic nitrogens is 4. The fourth-order valence-corrected chi connectivity index (χ4v) is 3.98. The van der Waals surface area contributed by atoms with E-state index in [1.54, 1.807) is 31.2 Å². The molecule has 10 heteroatoms. The van der Waals surface area contributed by atoms with Crippen molar-refractivity contribution in [2.24, 2.45) is 0 Å². The molecule has 0 atom stereocenters. The van der Waals surface area contributed by atoms with Gasteiger partial charge in [0.15, 0.2) is 21.3 Å². The van der Waals surface area contributed by atoms with E-state index < -0.39 is 9.84 Å². The third kappa shape index (κ3) is 4.36. The van der Waals surface area contributed by atoms with Gasteiger partial charge < -0.3 is 15.5 Å². The first-order valence-electron chi connectivity index (χ1n) is 9.94. The second-order valence-electron chi connectivity index (χ2n) is 7.06. The van der Waals surface area contributed by atoms with Crippen molar-refractivity contribution in [1.29, 1.82) is 0 Å². The highest BCUT2D eigenvalue weighted by atomic mass is 32.2. The van der Waals surface area contributed by atoms with Gasteiger partial charge in [-0.15, -0.1) is 10.2 Å². The monoisotopic (exact) mass is 450 g/mol. The number of benzene rings is 2. The van der Waals surface area contributed by atoms with Gasteiger partial charge in [-0.1, -0.05) is 31.2 Å². The van der Waals surface area contributed by atoms with Crippen LogP contribution in [-0.2, 0) is 16.4 Å². The van der Waals surface area contributed by atoms with Gasteiger partial charge in [-0.05, 0) is 36.9 Å². The Morgan fingerprint density at radius 3 is 2.28 bits per heavy atom. The average molecular weight is 451 g/mol. The van der Waals surface area contributed by atoms with Crippen molar-refractivity contribution in [3.63, 3.8) is 0 Å². The van der Waals surface area contributed by atoms with E-state index in [1.165, 1.54) is 6.20 Å². The zero-order chi connectivity index (χ0) is 22.7. The summed E-state index contributed by atoms with van der Waals surface area (Å²) in [6.07, 6.45) is 1.51. The van der Waals surface area contributed by atoms with E-state index in [2.05, 4.69) is 25.5 Å². The molecule has 0 fully saturated rings. The van der Waals surface area contributed by atoms with E-state index in [0.29, 0.717) is 17.1 Å². The third-order valence-electron chi connectivity index (χ3n) is 4.90. The van der Waals surface area contributed by atoms with Gasteiger partial charge in [0.05, 0.1) is 22.5 Å². The summed E-state index contributed by atoms with van der Waals surface area (Å²) < 4.78 is 29.9. The lowest BCUT2D eigenvalue weighted by molar-refractivity contribution is 0.582. The normalized spacial score (nSPS) is 11.6. The zero-order valence-corrected chi connectivity index (χ0v) is 18.4. The molecule has 0 saturated carbocycles. The highest BCUT2D eigenvalue weighted by Gasteiger charge is 2.17.